The van der Waals surface area contributed by atoms with Crippen LogP contribution >= 0.6 is 22.6 Å². The molecule has 0 unspecified atom stereocenters. The van der Waals surface area contributed by atoms with Crippen LogP contribution in [0.15, 0.2) is 28.3 Å². The molecule has 0 radical (unpaired) electrons. The van der Waals surface area contributed by atoms with E-state index in [2.05, 4.69) is 27.7 Å². The van der Waals surface area contributed by atoms with Crippen molar-refractivity contribution in [3.8, 4) is 0 Å². The van der Waals surface area contributed by atoms with Crippen LogP contribution in [0.5, 0.6) is 0 Å². The summed E-state index contributed by atoms with van der Waals surface area (Å²) >= 11 is 2.21. The van der Waals surface area contributed by atoms with Crippen LogP contribution in [-0.2, 0) is 11.3 Å². The first-order valence-corrected chi connectivity index (χ1v) is 8.52. The Labute approximate surface area is 148 Å². The molecule has 2 aliphatic rings. The lowest BCUT2D eigenvalue weighted by Gasteiger charge is -2.46. The molecule has 3 rings (SSSR count). The van der Waals surface area contributed by atoms with Gasteiger partial charge in [0.15, 0.2) is 5.70 Å². The molecule has 23 heavy (non-hydrogen) atoms. The summed E-state index contributed by atoms with van der Waals surface area (Å²) in [6, 6.07) is 0.0384. The number of hydrogen-bond acceptors (Lipinski definition) is 6. The molecule has 0 atom stereocenters. The van der Waals surface area contributed by atoms with E-state index in [9.17, 15) is 9.90 Å². The second kappa shape index (κ2) is 6.16. The van der Waals surface area contributed by atoms with Gasteiger partial charge in [0.2, 0.25) is 0 Å². The van der Waals surface area contributed by atoms with Crippen LogP contribution in [-0.4, -0.2) is 43.8 Å². The lowest BCUT2D eigenvalue weighted by molar-refractivity contribution is -0.150. The van der Waals surface area contributed by atoms with Gasteiger partial charge in [-0.1, -0.05) is 11.2 Å². The van der Waals surface area contributed by atoms with Crippen LogP contribution in [0.2, 0.25) is 0 Å². The number of hydrogen-bond donors (Lipinski definition) is 1. The number of carbonyl (C=O) groups is 1. The van der Waals surface area contributed by atoms with Crippen molar-refractivity contribution in [3.05, 3.63) is 38.8 Å². The van der Waals surface area contributed by atoms with E-state index in [1.165, 1.54) is 0 Å². The molecular formula is C15H19IN4O3. The topological polar surface area (TPSA) is 73.0 Å². The van der Waals surface area contributed by atoms with Crippen LogP contribution in [0.1, 0.15) is 31.7 Å². The van der Waals surface area contributed by atoms with Gasteiger partial charge in [-0.25, -0.2) is 0 Å². The van der Waals surface area contributed by atoms with Crippen molar-refractivity contribution < 1.29 is 14.4 Å². The summed E-state index contributed by atoms with van der Waals surface area (Å²) in [5.41, 5.74) is 1.14. The van der Waals surface area contributed by atoms with Crippen molar-refractivity contribution in [2.45, 2.75) is 39.8 Å². The third-order valence-corrected chi connectivity index (χ3v) is 5.34. The average molecular weight is 430 g/mol. The van der Waals surface area contributed by atoms with Crippen LogP contribution < -0.4 is 0 Å². The molecule has 3 heterocycles. The molecule has 0 bridgehead atoms. The van der Waals surface area contributed by atoms with E-state index in [4.69, 9.17) is 4.52 Å². The van der Waals surface area contributed by atoms with E-state index in [1.807, 2.05) is 38.1 Å². The number of aliphatic hydroxyl groups excluding tert-OH is 1. The van der Waals surface area contributed by atoms with E-state index < -0.39 is 0 Å². The molecule has 7 nitrogen and oxygen atoms in total. The molecule has 2 aliphatic heterocycles. The number of rotatable bonds is 3. The molecule has 0 aromatic carbocycles. The molecule has 1 saturated heterocycles. The van der Waals surface area contributed by atoms with Crippen molar-refractivity contribution in [2.24, 2.45) is 0 Å². The lowest BCUT2D eigenvalue weighted by Crippen LogP contribution is -2.58. The zero-order valence-electron chi connectivity index (χ0n) is 13.3. The predicted octanol–water partition coefficient (Wildman–Crippen LogP) is 2.50. The maximum Gasteiger partial charge on any atom is 0.276 e. The van der Waals surface area contributed by atoms with Gasteiger partial charge in [-0.3, -0.25) is 9.80 Å². The van der Waals surface area contributed by atoms with Crippen molar-refractivity contribution in [1.29, 1.82) is 0 Å². The molecule has 0 aliphatic carbocycles. The molecule has 1 amide bonds. The molecule has 1 fully saturated rings. The summed E-state index contributed by atoms with van der Waals surface area (Å²) < 4.78 is 6.20. The summed E-state index contributed by atoms with van der Waals surface area (Å²) in [6.45, 7) is 6.72. The fourth-order valence-corrected chi connectivity index (χ4v) is 3.04. The number of hydrazine groups is 1. The fraction of sp³-hybridized carbons (Fsp3) is 0.467. The minimum absolute atomic E-state index is 0.0384. The minimum atomic E-state index is -0.149. The van der Waals surface area contributed by atoms with Gasteiger partial charge in [0.05, 0.1) is 16.8 Å². The van der Waals surface area contributed by atoms with Gasteiger partial charge in [-0.05, 0) is 43.4 Å². The number of nitrogens with zero attached hydrogens (tertiary/aromatic N) is 4. The maximum atomic E-state index is 12.7. The number of aliphatic hydroxyl groups is 1. The Morgan fingerprint density at radius 2 is 2.22 bits per heavy atom. The smallest absolute Gasteiger partial charge is 0.276 e. The third kappa shape index (κ3) is 2.85. The van der Waals surface area contributed by atoms with Crippen LogP contribution in [0.3, 0.4) is 0 Å². The molecule has 1 aromatic heterocycles. The zero-order valence-corrected chi connectivity index (χ0v) is 15.4. The Bertz CT molecular complexity index is 695. The van der Waals surface area contributed by atoms with Crippen LogP contribution in [0.4, 0.5) is 0 Å². The van der Waals surface area contributed by atoms with Crippen molar-refractivity contribution in [3.63, 3.8) is 0 Å². The predicted molar refractivity (Wildman–Crippen MR) is 91.6 cm³/mol. The SMILES string of the molecule is Cc1onc(CN2CN(C(C)C)C(=O)C3=C(O)CC=CN32)c1I. The Morgan fingerprint density at radius 3 is 2.83 bits per heavy atom. The summed E-state index contributed by atoms with van der Waals surface area (Å²) in [5.74, 6) is 0.727. The second-order valence-corrected chi connectivity index (χ2v) is 6.98. The monoisotopic (exact) mass is 430 g/mol. The van der Waals surface area contributed by atoms with Gasteiger partial charge >= 0.3 is 0 Å². The van der Waals surface area contributed by atoms with Crippen molar-refractivity contribution in [2.75, 3.05) is 6.67 Å². The number of aryl methyl sites for hydroxylation is 1. The fourth-order valence-electron chi connectivity index (χ4n) is 2.67. The number of halogens is 1. The van der Waals surface area contributed by atoms with E-state index in [0.717, 1.165) is 15.0 Å². The Kier molecular flexibility index (Phi) is 4.37. The highest BCUT2D eigenvalue weighted by molar-refractivity contribution is 14.1. The standard InChI is InChI=1S/C15H19IN4O3/c1-9(2)19-8-18(7-11-13(16)10(3)23-17-11)20-6-4-5-12(21)14(20)15(19)22/h4,6,9,21H,5,7-8H2,1-3H3. The molecule has 0 saturated carbocycles. The van der Waals surface area contributed by atoms with E-state index in [0.29, 0.717) is 25.3 Å². The Morgan fingerprint density at radius 1 is 1.48 bits per heavy atom. The van der Waals surface area contributed by atoms with Gasteiger partial charge in [0, 0.05) is 18.7 Å². The minimum Gasteiger partial charge on any atom is -0.510 e. The van der Waals surface area contributed by atoms with Gasteiger partial charge in [0.1, 0.15) is 17.2 Å². The van der Waals surface area contributed by atoms with E-state index in [1.54, 1.807) is 9.91 Å². The number of amides is 1. The molecule has 1 N–H and O–H groups in total. The summed E-state index contributed by atoms with van der Waals surface area (Å²) in [7, 11) is 0. The van der Waals surface area contributed by atoms with Gasteiger partial charge in [0.25, 0.3) is 5.91 Å². The molecule has 1 aromatic rings. The normalized spacial score (nSPS) is 19.1. The number of aromatic nitrogens is 1. The Balaban J connectivity index is 1.95. The Hall–Kier alpha value is -1.55. The van der Waals surface area contributed by atoms with Crippen molar-refractivity contribution in [1.82, 2.24) is 20.1 Å². The highest BCUT2D eigenvalue weighted by Gasteiger charge is 2.38. The average Bonchev–Trinajstić information content (AvgIpc) is 2.81. The third-order valence-electron chi connectivity index (χ3n) is 3.95. The first-order chi connectivity index (χ1) is 10.9. The molecule has 124 valence electrons. The first kappa shape index (κ1) is 16.3. The van der Waals surface area contributed by atoms with Gasteiger partial charge < -0.3 is 14.5 Å². The van der Waals surface area contributed by atoms with Crippen LogP contribution in [0, 0.1) is 10.5 Å². The van der Waals surface area contributed by atoms with Crippen molar-refractivity contribution >= 4 is 28.5 Å². The highest BCUT2D eigenvalue weighted by atomic mass is 127. The number of carbonyl (C=O) groups excluding carboxylic acids is 1. The lowest BCUT2D eigenvalue weighted by atomic mass is 10.1. The summed E-state index contributed by atoms with van der Waals surface area (Å²) in [6.07, 6.45) is 4.03. The second-order valence-electron chi connectivity index (χ2n) is 5.90. The van der Waals surface area contributed by atoms with E-state index in [-0.39, 0.29) is 17.7 Å². The molecular weight excluding hydrogens is 411 g/mol. The summed E-state index contributed by atoms with van der Waals surface area (Å²) in [5, 5.41) is 18.0. The zero-order chi connectivity index (χ0) is 16.7. The maximum absolute atomic E-state index is 12.7. The largest absolute Gasteiger partial charge is 0.510 e. The quantitative estimate of drug-likeness (QED) is 0.744. The van der Waals surface area contributed by atoms with Gasteiger partial charge in [-0.2, -0.15) is 5.01 Å². The first-order valence-electron chi connectivity index (χ1n) is 7.44. The molecule has 8 heteroatoms. The highest BCUT2D eigenvalue weighted by Crippen LogP contribution is 2.30. The molecule has 0 spiro atoms. The summed E-state index contributed by atoms with van der Waals surface area (Å²) in [4.78, 5) is 14.4. The number of fused-ring (bicyclic) bond motifs is 1. The van der Waals surface area contributed by atoms with E-state index >= 15 is 0 Å². The van der Waals surface area contributed by atoms with Gasteiger partial charge in [-0.15, -0.1) is 0 Å². The number of allylic oxidation sites excluding steroid dienone is 1. The van der Waals surface area contributed by atoms with Crippen LogP contribution in [0.25, 0.3) is 0 Å².